The van der Waals surface area contributed by atoms with Gasteiger partial charge in [-0.1, -0.05) is 0 Å². The van der Waals surface area contributed by atoms with Gasteiger partial charge >= 0.3 is 0 Å². The van der Waals surface area contributed by atoms with Crippen molar-refractivity contribution in [2.24, 2.45) is 5.73 Å². The normalized spacial score (nSPS) is 12.5. The van der Waals surface area contributed by atoms with Crippen LogP contribution < -0.4 is 10.5 Å². The van der Waals surface area contributed by atoms with Crippen LogP contribution in [0.4, 0.5) is 0 Å². The molecule has 1 heterocycles. The van der Waals surface area contributed by atoms with Crippen molar-refractivity contribution in [1.82, 2.24) is 19.8 Å². The van der Waals surface area contributed by atoms with Gasteiger partial charge in [0.05, 0.1) is 11.4 Å². The standard InChI is InChI=1S/C13H27N5O2S/c1-10(2)18(4)8-6-5-7-15-21(19,20)13-11(3)16-17-12(13)9-14/h10,15H,5-9,14H2,1-4H3,(H,16,17). The molecule has 0 bridgehead atoms. The highest BCUT2D eigenvalue weighted by atomic mass is 32.2. The van der Waals surface area contributed by atoms with E-state index in [0.717, 1.165) is 19.4 Å². The summed E-state index contributed by atoms with van der Waals surface area (Å²) in [5.74, 6) is 0. The Hall–Kier alpha value is -0.960. The van der Waals surface area contributed by atoms with Gasteiger partial charge in [-0.05, 0) is 47.2 Å². The Morgan fingerprint density at radius 1 is 1.38 bits per heavy atom. The minimum Gasteiger partial charge on any atom is -0.325 e. The SMILES string of the molecule is Cc1[nH]nc(CN)c1S(=O)(=O)NCCCCN(C)C(C)C. The molecule has 1 rings (SSSR count). The van der Waals surface area contributed by atoms with Crippen LogP contribution in [0, 0.1) is 6.92 Å². The minimum absolute atomic E-state index is 0.0970. The summed E-state index contributed by atoms with van der Waals surface area (Å²) >= 11 is 0. The fourth-order valence-corrected chi connectivity index (χ4v) is 3.43. The molecule has 0 spiro atoms. The Morgan fingerprint density at radius 3 is 2.62 bits per heavy atom. The van der Waals surface area contributed by atoms with Gasteiger partial charge in [0.2, 0.25) is 10.0 Å². The number of hydrogen-bond donors (Lipinski definition) is 3. The number of sulfonamides is 1. The fourth-order valence-electron chi connectivity index (χ4n) is 1.99. The Kier molecular flexibility index (Phi) is 6.79. The third kappa shape index (κ3) is 5.06. The summed E-state index contributed by atoms with van der Waals surface area (Å²) in [4.78, 5) is 2.42. The van der Waals surface area contributed by atoms with Gasteiger partial charge in [0.25, 0.3) is 0 Å². The van der Waals surface area contributed by atoms with Crippen molar-refractivity contribution in [2.75, 3.05) is 20.1 Å². The molecule has 1 aromatic rings. The van der Waals surface area contributed by atoms with Crippen LogP contribution in [0.25, 0.3) is 0 Å². The number of nitrogens with two attached hydrogens (primary N) is 1. The maximum atomic E-state index is 12.3. The first-order chi connectivity index (χ1) is 9.79. The van der Waals surface area contributed by atoms with E-state index >= 15 is 0 Å². The van der Waals surface area contributed by atoms with Crippen LogP contribution in [0.5, 0.6) is 0 Å². The van der Waals surface area contributed by atoms with Gasteiger partial charge in [-0.2, -0.15) is 5.10 Å². The van der Waals surface area contributed by atoms with Crippen LogP contribution >= 0.6 is 0 Å². The average molecular weight is 317 g/mol. The predicted molar refractivity (Wildman–Crippen MR) is 83.4 cm³/mol. The lowest BCUT2D eigenvalue weighted by atomic mass is 10.2. The summed E-state index contributed by atoms with van der Waals surface area (Å²) in [6.07, 6.45) is 1.75. The van der Waals surface area contributed by atoms with Gasteiger partial charge < -0.3 is 10.6 Å². The second kappa shape index (κ2) is 7.88. The van der Waals surface area contributed by atoms with Crippen molar-refractivity contribution in [3.63, 3.8) is 0 Å². The van der Waals surface area contributed by atoms with E-state index in [0.29, 0.717) is 24.0 Å². The summed E-state index contributed by atoms with van der Waals surface area (Å²) < 4.78 is 27.1. The molecule has 122 valence electrons. The molecule has 0 aromatic carbocycles. The lowest BCUT2D eigenvalue weighted by molar-refractivity contribution is 0.268. The van der Waals surface area contributed by atoms with Crippen LogP contribution in [0.2, 0.25) is 0 Å². The highest BCUT2D eigenvalue weighted by molar-refractivity contribution is 7.89. The lowest BCUT2D eigenvalue weighted by Crippen LogP contribution is -2.29. The molecule has 0 saturated heterocycles. The molecular weight excluding hydrogens is 290 g/mol. The van der Waals surface area contributed by atoms with Crippen molar-refractivity contribution >= 4 is 10.0 Å². The van der Waals surface area contributed by atoms with Gasteiger partial charge in [0.15, 0.2) is 0 Å². The number of unbranched alkanes of at least 4 members (excludes halogenated alkanes) is 1. The van der Waals surface area contributed by atoms with Crippen molar-refractivity contribution in [3.05, 3.63) is 11.4 Å². The summed E-state index contributed by atoms with van der Waals surface area (Å²) in [5.41, 5.74) is 6.41. The van der Waals surface area contributed by atoms with E-state index in [1.165, 1.54) is 0 Å². The number of aromatic nitrogens is 2. The van der Waals surface area contributed by atoms with Gasteiger partial charge in [-0.25, -0.2) is 13.1 Å². The van der Waals surface area contributed by atoms with E-state index in [2.05, 4.69) is 40.7 Å². The van der Waals surface area contributed by atoms with E-state index in [-0.39, 0.29) is 11.4 Å². The molecule has 4 N–H and O–H groups in total. The first kappa shape index (κ1) is 18.1. The molecule has 0 amide bonds. The highest BCUT2D eigenvalue weighted by Gasteiger charge is 2.22. The third-order valence-corrected chi connectivity index (χ3v) is 5.20. The molecule has 0 unspecified atom stereocenters. The van der Waals surface area contributed by atoms with Crippen LogP contribution in [-0.4, -0.2) is 49.7 Å². The minimum atomic E-state index is -3.54. The third-order valence-electron chi connectivity index (χ3n) is 3.53. The van der Waals surface area contributed by atoms with Crippen molar-refractivity contribution < 1.29 is 8.42 Å². The second-order valence-corrected chi connectivity index (χ2v) is 7.21. The smallest absolute Gasteiger partial charge is 0.244 e. The highest BCUT2D eigenvalue weighted by Crippen LogP contribution is 2.16. The summed E-state index contributed by atoms with van der Waals surface area (Å²) in [7, 11) is -1.48. The summed E-state index contributed by atoms with van der Waals surface area (Å²) in [5, 5.41) is 6.58. The predicted octanol–water partition coefficient (Wildman–Crippen LogP) is 0.576. The number of nitrogens with one attached hydrogen (secondary N) is 2. The molecule has 7 nitrogen and oxygen atoms in total. The van der Waals surface area contributed by atoms with Crippen LogP contribution in [0.15, 0.2) is 4.90 Å². The molecule has 0 aliphatic rings. The first-order valence-electron chi connectivity index (χ1n) is 7.23. The van der Waals surface area contributed by atoms with E-state index in [1.807, 2.05) is 0 Å². The van der Waals surface area contributed by atoms with E-state index in [1.54, 1.807) is 6.92 Å². The number of aryl methyl sites for hydroxylation is 1. The van der Waals surface area contributed by atoms with Gasteiger partial charge in [0.1, 0.15) is 4.90 Å². The molecule has 8 heteroatoms. The van der Waals surface area contributed by atoms with E-state index in [4.69, 9.17) is 5.73 Å². The largest absolute Gasteiger partial charge is 0.325 e. The molecule has 0 atom stereocenters. The fraction of sp³-hybridized carbons (Fsp3) is 0.769. The molecule has 0 fully saturated rings. The van der Waals surface area contributed by atoms with Crippen molar-refractivity contribution in [1.29, 1.82) is 0 Å². The average Bonchev–Trinajstić information content (AvgIpc) is 2.79. The lowest BCUT2D eigenvalue weighted by Gasteiger charge is -2.20. The Morgan fingerprint density at radius 2 is 2.05 bits per heavy atom. The zero-order valence-electron chi connectivity index (χ0n) is 13.3. The molecule has 0 aliphatic heterocycles. The molecule has 0 saturated carbocycles. The van der Waals surface area contributed by atoms with Gasteiger partial charge in [-0.15, -0.1) is 0 Å². The van der Waals surface area contributed by atoms with E-state index in [9.17, 15) is 8.42 Å². The Labute approximate surface area is 127 Å². The topological polar surface area (TPSA) is 104 Å². The van der Waals surface area contributed by atoms with E-state index < -0.39 is 10.0 Å². The molecule has 0 radical (unpaired) electrons. The number of rotatable bonds is 9. The quantitative estimate of drug-likeness (QED) is 0.578. The maximum absolute atomic E-state index is 12.3. The van der Waals surface area contributed by atoms with Crippen molar-refractivity contribution in [2.45, 2.75) is 51.1 Å². The number of hydrogen-bond acceptors (Lipinski definition) is 5. The summed E-state index contributed by atoms with van der Waals surface area (Å²) in [6, 6.07) is 0.502. The maximum Gasteiger partial charge on any atom is 0.244 e. The molecular formula is C13H27N5O2S. The first-order valence-corrected chi connectivity index (χ1v) is 8.71. The molecule has 21 heavy (non-hydrogen) atoms. The van der Waals surface area contributed by atoms with Gasteiger partial charge in [0, 0.05) is 19.1 Å². The van der Waals surface area contributed by atoms with Crippen LogP contribution in [0.1, 0.15) is 38.1 Å². The second-order valence-electron chi connectivity index (χ2n) is 5.51. The number of nitrogens with zero attached hydrogens (tertiary/aromatic N) is 2. The summed E-state index contributed by atoms with van der Waals surface area (Å²) in [6.45, 7) is 7.43. The monoisotopic (exact) mass is 317 g/mol. The zero-order chi connectivity index (χ0) is 16.0. The number of aromatic amines is 1. The van der Waals surface area contributed by atoms with Crippen LogP contribution in [-0.2, 0) is 16.6 Å². The Bertz CT molecular complexity index is 539. The van der Waals surface area contributed by atoms with Crippen LogP contribution in [0.3, 0.4) is 0 Å². The zero-order valence-corrected chi connectivity index (χ0v) is 14.1. The molecule has 0 aliphatic carbocycles. The number of H-pyrrole nitrogens is 1. The molecule has 1 aromatic heterocycles. The Balaban J connectivity index is 2.49. The van der Waals surface area contributed by atoms with Crippen molar-refractivity contribution in [3.8, 4) is 0 Å². The van der Waals surface area contributed by atoms with Gasteiger partial charge in [-0.3, -0.25) is 5.10 Å².